The highest BCUT2D eigenvalue weighted by Crippen LogP contribution is 2.09. The Bertz CT molecular complexity index is 827. The minimum absolute atomic E-state index is 0.0843. The summed E-state index contributed by atoms with van der Waals surface area (Å²) in [5.41, 5.74) is 1.56. The maximum absolute atomic E-state index is 12.1. The van der Waals surface area contributed by atoms with Crippen LogP contribution in [0.1, 0.15) is 32.0 Å². The fraction of sp³-hybridized carbons (Fsp3) is 0.211. The maximum Gasteiger partial charge on any atom is 0.261 e. The van der Waals surface area contributed by atoms with Gasteiger partial charge in [-0.1, -0.05) is 18.2 Å². The van der Waals surface area contributed by atoms with Crippen molar-refractivity contribution in [3.63, 3.8) is 0 Å². The Morgan fingerprint density at radius 1 is 1.04 bits per heavy atom. The minimum Gasteiger partial charge on any atom is -0.352 e. The first-order valence-electron chi connectivity index (χ1n) is 8.38. The van der Waals surface area contributed by atoms with E-state index in [1.807, 2.05) is 40.5 Å². The maximum atomic E-state index is 12.1. The van der Waals surface area contributed by atoms with Crippen LogP contribution < -0.4 is 10.6 Å². The fourth-order valence-corrected chi connectivity index (χ4v) is 3.07. The third-order valence-corrected chi connectivity index (χ3v) is 4.69. The van der Waals surface area contributed by atoms with Crippen molar-refractivity contribution < 1.29 is 9.59 Å². The molecule has 0 unspecified atom stereocenters. The van der Waals surface area contributed by atoms with E-state index in [-0.39, 0.29) is 11.8 Å². The van der Waals surface area contributed by atoms with E-state index in [1.165, 1.54) is 11.3 Å². The lowest BCUT2D eigenvalue weighted by atomic mass is 10.1. The summed E-state index contributed by atoms with van der Waals surface area (Å²) in [5, 5.41) is 11.8. The average Bonchev–Trinajstić information content (AvgIpc) is 3.37. The molecule has 0 radical (unpaired) electrons. The van der Waals surface area contributed by atoms with Crippen molar-refractivity contribution in [2.45, 2.75) is 19.5 Å². The van der Waals surface area contributed by atoms with Crippen molar-refractivity contribution >= 4 is 23.2 Å². The second kappa shape index (κ2) is 8.96. The van der Waals surface area contributed by atoms with E-state index in [9.17, 15) is 9.59 Å². The molecule has 2 aromatic heterocycles. The van der Waals surface area contributed by atoms with E-state index in [0.717, 1.165) is 18.5 Å². The predicted molar refractivity (Wildman–Crippen MR) is 101 cm³/mol. The third-order valence-electron chi connectivity index (χ3n) is 3.82. The smallest absolute Gasteiger partial charge is 0.261 e. The summed E-state index contributed by atoms with van der Waals surface area (Å²) < 4.78 is 1.84. The number of aryl methyl sites for hydroxylation is 1. The van der Waals surface area contributed by atoms with Crippen LogP contribution in [0.4, 0.5) is 0 Å². The first kappa shape index (κ1) is 17.9. The number of benzene rings is 1. The van der Waals surface area contributed by atoms with Gasteiger partial charge in [0.15, 0.2) is 0 Å². The molecule has 0 bridgehead atoms. The standard InChI is InChI=1S/C19H20N4O2S/c24-18(20-9-2-11-23-12-3-10-22-23)16-7-5-15(6-8-16)14-21-19(25)17-4-1-13-26-17/h1,3-8,10,12-13H,2,9,11,14H2,(H,20,24)(H,21,25). The molecule has 0 saturated carbocycles. The van der Waals surface area contributed by atoms with E-state index in [0.29, 0.717) is 23.5 Å². The van der Waals surface area contributed by atoms with Crippen molar-refractivity contribution in [3.05, 3.63) is 76.2 Å². The number of hydrogen-bond donors (Lipinski definition) is 2. The molecule has 0 aliphatic carbocycles. The van der Waals surface area contributed by atoms with Crippen molar-refractivity contribution in [1.82, 2.24) is 20.4 Å². The van der Waals surface area contributed by atoms with Gasteiger partial charge >= 0.3 is 0 Å². The molecule has 26 heavy (non-hydrogen) atoms. The first-order valence-corrected chi connectivity index (χ1v) is 9.26. The molecular formula is C19H20N4O2S. The molecule has 0 aliphatic heterocycles. The second-order valence-corrected chi connectivity index (χ2v) is 6.68. The van der Waals surface area contributed by atoms with Gasteiger partial charge in [0.05, 0.1) is 4.88 Å². The molecule has 134 valence electrons. The monoisotopic (exact) mass is 368 g/mol. The third kappa shape index (κ3) is 5.03. The van der Waals surface area contributed by atoms with Crippen LogP contribution >= 0.6 is 11.3 Å². The normalized spacial score (nSPS) is 10.5. The van der Waals surface area contributed by atoms with Gasteiger partial charge in [-0.3, -0.25) is 14.3 Å². The van der Waals surface area contributed by atoms with Crippen LogP contribution in [0.25, 0.3) is 0 Å². The zero-order chi connectivity index (χ0) is 18.2. The number of carbonyl (C=O) groups excluding carboxylic acids is 2. The summed E-state index contributed by atoms with van der Waals surface area (Å²) in [4.78, 5) is 24.7. The lowest BCUT2D eigenvalue weighted by molar-refractivity contribution is 0.0944. The Labute approximate surface area is 155 Å². The number of hydrogen-bond acceptors (Lipinski definition) is 4. The number of carbonyl (C=O) groups is 2. The number of nitrogens with one attached hydrogen (secondary N) is 2. The van der Waals surface area contributed by atoms with E-state index < -0.39 is 0 Å². The molecule has 6 nitrogen and oxygen atoms in total. The Morgan fingerprint density at radius 3 is 2.58 bits per heavy atom. The zero-order valence-corrected chi connectivity index (χ0v) is 15.0. The highest BCUT2D eigenvalue weighted by molar-refractivity contribution is 7.12. The van der Waals surface area contributed by atoms with Crippen molar-refractivity contribution in [3.8, 4) is 0 Å². The summed E-state index contributed by atoms with van der Waals surface area (Å²) in [6.07, 6.45) is 4.46. The molecule has 0 spiro atoms. The topological polar surface area (TPSA) is 76.0 Å². The fourth-order valence-electron chi connectivity index (χ4n) is 2.43. The predicted octanol–water partition coefficient (Wildman–Crippen LogP) is 2.69. The molecule has 0 aliphatic rings. The van der Waals surface area contributed by atoms with Gasteiger partial charge < -0.3 is 10.6 Å². The Balaban J connectivity index is 1.41. The number of rotatable bonds is 8. The summed E-state index contributed by atoms with van der Waals surface area (Å²) in [5.74, 6) is -0.182. The second-order valence-electron chi connectivity index (χ2n) is 5.74. The molecule has 2 N–H and O–H groups in total. The molecule has 0 saturated heterocycles. The quantitative estimate of drug-likeness (QED) is 0.600. The molecule has 0 atom stereocenters. The average molecular weight is 368 g/mol. The number of nitrogens with zero attached hydrogens (tertiary/aromatic N) is 2. The van der Waals surface area contributed by atoms with E-state index in [2.05, 4.69) is 15.7 Å². The summed E-state index contributed by atoms with van der Waals surface area (Å²) in [6.45, 7) is 1.80. The van der Waals surface area contributed by atoms with Gasteiger partial charge in [-0.2, -0.15) is 5.10 Å². The van der Waals surface area contributed by atoms with Crippen molar-refractivity contribution in [1.29, 1.82) is 0 Å². The highest BCUT2D eigenvalue weighted by atomic mass is 32.1. The van der Waals surface area contributed by atoms with E-state index >= 15 is 0 Å². The van der Waals surface area contributed by atoms with Crippen LogP contribution in [0.2, 0.25) is 0 Å². The van der Waals surface area contributed by atoms with E-state index in [1.54, 1.807) is 24.4 Å². The zero-order valence-electron chi connectivity index (χ0n) is 14.2. The van der Waals surface area contributed by atoms with Crippen molar-refractivity contribution in [2.75, 3.05) is 6.54 Å². The van der Waals surface area contributed by atoms with Gasteiger partial charge in [0, 0.05) is 37.6 Å². The molecule has 0 fully saturated rings. The lowest BCUT2D eigenvalue weighted by Crippen LogP contribution is -2.25. The molecular weight excluding hydrogens is 348 g/mol. The van der Waals surface area contributed by atoms with E-state index in [4.69, 9.17) is 0 Å². The summed E-state index contributed by atoms with van der Waals surface area (Å²) in [7, 11) is 0. The Kier molecular flexibility index (Phi) is 6.16. The van der Waals surface area contributed by atoms with Crippen LogP contribution in [-0.4, -0.2) is 28.1 Å². The van der Waals surface area contributed by atoms with Crippen molar-refractivity contribution in [2.24, 2.45) is 0 Å². The molecule has 3 aromatic rings. The van der Waals surface area contributed by atoms with Gasteiger partial charge in [-0.15, -0.1) is 11.3 Å². The highest BCUT2D eigenvalue weighted by Gasteiger charge is 2.07. The van der Waals surface area contributed by atoms with Crippen LogP contribution in [0.15, 0.2) is 60.2 Å². The van der Waals surface area contributed by atoms with Gasteiger partial charge in [0.25, 0.3) is 11.8 Å². The van der Waals surface area contributed by atoms with Crippen LogP contribution in [0, 0.1) is 0 Å². The molecule has 2 heterocycles. The molecule has 7 heteroatoms. The Morgan fingerprint density at radius 2 is 1.88 bits per heavy atom. The van der Waals surface area contributed by atoms with Crippen LogP contribution in [0.3, 0.4) is 0 Å². The van der Waals surface area contributed by atoms with Gasteiger partial charge in [0.2, 0.25) is 0 Å². The largest absolute Gasteiger partial charge is 0.352 e. The Hall–Kier alpha value is -2.93. The number of thiophene rings is 1. The molecule has 2 amide bonds. The van der Waals surface area contributed by atoms with Crippen LogP contribution in [0.5, 0.6) is 0 Å². The molecule has 3 rings (SSSR count). The van der Waals surface area contributed by atoms with Gasteiger partial charge in [-0.25, -0.2) is 0 Å². The number of aromatic nitrogens is 2. The summed E-state index contributed by atoms with van der Waals surface area (Å²) in [6, 6.07) is 12.8. The van der Waals surface area contributed by atoms with Crippen LogP contribution in [-0.2, 0) is 13.1 Å². The van der Waals surface area contributed by atoms with Gasteiger partial charge in [0.1, 0.15) is 0 Å². The molecule has 1 aromatic carbocycles. The SMILES string of the molecule is O=C(NCCCn1cccn1)c1ccc(CNC(=O)c2cccs2)cc1. The first-order chi connectivity index (χ1) is 12.7. The number of amides is 2. The minimum atomic E-state index is -0.0976. The summed E-state index contributed by atoms with van der Waals surface area (Å²) >= 11 is 1.41. The van der Waals surface area contributed by atoms with Gasteiger partial charge in [-0.05, 0) is 41.6 Å². The lowest BCUT2D eigenvalue weighted by Gasteiger charge is -2.07.